The summed E-state index contributed by atoms with van der Waals surface area (Å²) in [6.45, 7) is 0. The van der Waals surface area contributed by atoms with Gasteiger partial charge in [0.25, 0.3) is 0 Å². The SMILES string of the molecule is O=C(O)c1ccc(F)c(NC2CCc3ccccc3C2)c1. The quantitative estimate of drug-likeness (QED) is 0.907. The minimum absolute atomic E-state index is 0.0927. The zero-order valence-electron chi connectivity index (χ0n) is 11.5. The first-order valence-electron chi connectivity index (χ1n) is 6.99. The van der Waals surface area contributed by atoms with Crippen molar-refractivity contribution < 1.29 is 14.3 Å². The van der Waals surface area contributed by atoms with Gasteiger partial charge in [0.15, 0.2) is 0 Å². The third-order valence-corrected chi connectivity index (χ3v) is 3.92. The van der Waals surface area contributed by atoms with E-state index < -0.39 is 11.8 Å². The average Bonchev–Trinajstić information content (AvgIpc) is 2.49. The number of hydrogen-bond donors (Lipinski definition) is 2. The first-order chi connectivity index (χ1) is 10.1. The van der Waals surface area contributed by atoms with E-state index in [-0.39, 0.29) is 17.3 Å². The molecule has 1 unspecified atom stereocenters. The maximum atomic E-state index is 13.8. The van der Waals surface area contributed by atoms with Crippen molar-refractivity contribution in [3.05, 3.63) is 65.0 Å². The van der Waals surface area contributed by atoms with Crippen LogP contribution in [0.5, 0.6) is 0 Å². The molecule has 0 aliphatic heterocycles. The molecule has 0 heterocycles. The fraction of sp³-hybridized carbons (Fsp3) is 0.235. The fourth-order valence-electron chi connectivity index (χ4n) is 2.81. The second-order valence-corrected chi connectivity index (χ2v) is 5.35. The van der Waals surface area contributed by atoms with Crippen LogP contribution in [0.1, 0.15) is 27.9 Å². The summed E-state index contributed by atoms with van der Waals surface area (Å²) in [7, 11) is 0. The molecule has 0 saturated carbocycles. The first-order valence-corrected chi connectivity index (χ1v) is 6.99. The smallest absolute Gasteiger partial charge is 0.335 e. The Bertz CT molecular complexity index is 684. The number of carboxylic acid groups (broad SMARTS) is 1. The Morgan fingerprint density at radius 1 is 1.19 bits per heavy atom. The van der Waals surface area contributed by atoms with Gasteiger partial charge in [-0.1, -0.05) is 24.3 Å². The van der Waals surface area contributed by atoms with E-state index in [0.717, 1.165) is 19.3 Å². The van der Waals surface area contributed by atoms with Gasteiger partial charge in [-0.15, -0.1) is 0 Å². The van der Waals surface area contributed by atoms with E-state index in [0.29, 0.717) is 0 Å². The Kier molecular flexibility index (Phi) is 3.60. The lowest BCUT2D eigenvalue weighted by molar-refractivity contribution is 0.0697. The summed E-state index contributed by atoms with van der Waals surface area (Å²) >= 11 is 0. The Morgan fingerprint density at radius 2 is 1.95 bits per heavy atom. The molecule has 3 rings (SSSR count). The molecule has 0 bridgehead atoms. The number of rotatable bonds is 3. The average molecular weight is 285 g/mol. The Labute approximate surface area is 122 Å². The maximum Gasteiger partial charge on any atom is 0.335 e. The van der Waals surface area contributed by atoms with E-state index in [1.54, 1.807) is 0 Å². The van der Waals surface area contributed by atoms with Crippen molar-refractivity contribution in [3.63, 3.8) is 0 Å². The number of fused-ring (bicyclic) bond motifs is 1. The number of carbonyl (C=O) groups is 1. The molecule has 0 aromatic heterocycles. The summed E-state index contributed by atoms with van der Waals surface area (Å²) in [4.78, 5) is 11.0. The highest BCUT2D eigenvalue weighted by Gasteiger charge is 2.19. The highest BCUT2D eigenvalue weighted by Crippen LogP contribution is 2.25. The van der Waals surface area contributed by atoms with Gasteiger partial charge in [0.1, 0.15) is 5.82 Å². The molecule has 108 valence electrons. The molecule has 4 heteroatoms. The lowest BCUT2D eigenvalue weighted by Crippen LogP contribution is -2.27. The van der Waals surface area contributed by atoms with Gasteiger partial charge in [-0.25, -0.2) is 9.18 Å². The van der Waals surface area contributed by atoms with Gasteiger partial charge in [0.05, 0.1) is 11.3 Å². The first kappa shape index (κ1) is 13.6. The summed E-state index contributed by atoms with van der Waals surface area (Å²) in [5.41, 5.74) is 2.97. The van der Waals surface area contributed by atoms with Crippen LogP contribution in [0.3, 0.4) is 0 Å². The molecule has 2 aromatic rings. The van der Waals surface area contributed by atoms with Crippen LogP contribution in [0.25, 0.3) is 0 Å². The number of halogens is 1. The van der Waals surface area contributed by atoms with Crippen molar-refractivity contribution in [2.24, 2.45) is 0 Å². The van der Waals surface area contributed by atoms with Gasteiger partial charge in [0, 0.05) is 6.04 Å². The summed E-state index contributed by atoms with van der Waals surface area (Å²) < 4.78 is 13.8. The van der Waals surface area contributed by atoms with Crippen LogP contribution in [-0.2, 0) is 12.8 Å². The van der Waals surface area contributed by atoms with Gasteiger partial charge in [0.2, 0.25) is 0 Å². The van der Waals surface area contributed by atoms with Crippen LogP contribution in [-0.4, -0.2) is 17.1 Å². The van der Waals surface area contributed by atoms with Crippen LogP contribution >= 0.6 is 0 Å². The fourth-order valence-corrected chi connectivity index (χ4v) is 2.81. The number of benzene rings is 2. The molecule has 1 aliphatic rings. The Balaban J connectivity index is 1.79. The molecule has 2 aromatic carbocycles. The minimum Gasteiger partial charge on any atom is -0.478 e. The molecule has 0 radical (unpaired) electrons. The molecule has 1 atom stereocenters. The van der Waals surface area contributed by atoms with Gasteiger partial charge in [-0.05, 0) is 48.6 Å². The van der Waals surface area contributed by atoms with Gasteiger partial charge in [-0.2, -0.15) is 0 Å². The summed E-state index contributed by atoms with van der Waals surface area (Å²) in [6, 6.07) is 12.2. The maximum absolute atomic E-state index is 13.8. The molecule has 3 nitrogen and oxygen atoms in total. The zero-order valence-corrected chi connectivity index (χ0v) is 11.5. The molecule has 0 amide bonds. The van der Waals surface area contributed by atoms with E-state index in [1.165, 1.54) is 29.3 Å². The number of aryl methyl sites for hydroxylation is 1. The largest absolute Gasteiger partial charge is 0.478 e. The van der Waals surface area contributed by atoms with E-state index in [4.69, 9.17) is 5.11 Å². The predicted octanol–water partition coefficient (Wildman–Crippen LogP) is 3.49. The third kappa shape index (κ3) is 2.89. The number of anilines is 1. The lowest BCUT2D eigenvalue weighted by Gasteiger charge is -2.26. The number of carboxylic acids is 1. The molecule has 21 heavy (non-hydrogen) atoms. The Hall–Kier alpha value is -2.36. The summed E-state index contributed by atoms with van der Waals surface area (Å²) in [5.74, 6) is -1.47. The summed E-state index contributed by atoms with van der Waals surface area (Å²) in [6.07, 6.45) is 2.69. The molecular formula is C17H16FNO2. The van der Waals surface area contributed by atoms with Crippen molar-refractivity contribution in [3.8, 4) is 0 Å². The standard InChI is InChI=1S/C17H16FNO2/c18-15-8-6-13(17(20)21)10-16(15)19-14-7-5-11-3-1-2-4-12(11)9-14/h1-4,6,8,10,14,19H,5,7,9H2,(H,20,21). The minimum atomic E-state index is -1.05. The molecule has 0 saturated heterocycles. The molecule has 2 N–H and O–H groups in total. The highest BCUT2D eigenvalue weighted by molar-refractivity contribution is 5.88. The van der Waals surface area contributed by atoms with Crippen LogP contribution in [0.15, 0.2) is 42.5 Å². The van der Waals surface area contributed by atoms with Crippen molar-refractivity contribution in [1.29, 1.82) is 0 Å². The normalized spacial score (nSPS) is 17.1. The van der Waals surface area contributed by atoms with Gasteiger partial charge >= 0.3 is 5.97 Å². The molecule has 0 fully saturated rings. The van der Waals surface area contributed by atoms with Crippen molar-refractivity contribution >= 4 is 11.7 Å². The van der Waals surface area contributed by atoms with E-state index in [1.807, 2.05) is 12.1 Å². The highest BCUT2D eigenvalue weighted by atomic mass is 19.1. The van der Waals surface area contributed by atoms with E-state index >= 15 is 0 Å². The van der Waals surface area contributed by atoms with Crippen LogP contribution < -0.4 is 5.32 Å². The van der Waals surface area contributed by atoms with Crippen molar-refractivity contribution in [2.45, 2.75) is 25.3 Å². The monoisotopic (exact) mass is 285 g/mol. The molecular weight excluding hydrogens is 269 g/mol. The van der Waals surface area contributed by atoms with E-state index in [2.05, 4.69) is 17.4 Å². The van der Waals surface area contributed by atoms with Crippen molar-refractivity contribution in [1.82, 2.24) is 0 Å². The predicted molar refractivity (Wildman–Crippen MR) is 79.2 cm³/mol. The number of aromatic carboxylic acids is 1. The zero-order chi connectivity index (χ0) is 14.8. The van der Waals surface area contributed by atoms with Crippen LogP contribution in [0, 0.1) is 5.82 Å². The van der Waals surface area contributed by atoms with Crippen LogP contribution in [0.4, 0.5) is 10.1 Å². The second-order valence-electron chi connectivity index (χ2n) is 5.35. The summed E-state index contributed by atoms with van der Waals surface area (Å²) in [5, 5.41) is 12.1. The van der Waals surface area contributed by atoms with Crippen LogP contribution in [0.2, 0.25) is 0 Å². The van der Waals surface area contributed by atoms with Gasteiger partial charge < -0.3 is 10.4 Å². The second kappa shape index (κ2) is 5.56. The van der Waals surface area contributed by atoms with Gasteiger partial charge in [-0.3, -0.25) is 0 Å². The molecule has 0 spiro atoms. The Morgan fingerprint density at radius 3 is 2.71 bits per heavy atom. The number of hydrogen-bond acceptors (Lipinski definition) is 2. The lowest BCUT2D eigenvalue weighted by atomic mass is 9.88. The van der Waals surface area contributed by atoms with E-state index in [9.17, 15) is 9.18 Å². The third-order valence-electron chi connectivity index (χ3n) is 3.92. The number of nitrogens with one attached hydrogen (secondary N) is 1. The van der Waals surface area contributed by atoms with Crippen molar-refractivity contribution in [2.75, 3.05) is 5.32 Å². The molecule has 1 aliphatic carbocycles. The topological polar surface area (TPSA) is 49.3 Å².